The molecule has 4 heteroatoms. The van der Waals surface area contributed by atoms with Gasteiger partial charge >= 0.3 is 0 Å². The van der Waals surface area contributed by atoms with E-state index in [1.165, 1.54) is 5.56 Å². The standard InChI is InChI=1S/C17H23ClN2O/c1-12(2)20(7-4-8-21)11-15-10-14-6-5-13(3)9-16(14)19-17(15)18/h5-6,9-10,12,21H,4,7-8,11H2,1-3H3. The Kier molecular flexibility index (Phi) is 5.57. The van der Waals surface area contributed by atoms with Crippen molar-refractivity contribution >= 4 is 22.5 Å². The molecule has 0 bridgehead atoms. The minimum absolute atomic E-state index is 0.214. The fourth-order valence-corrected chi connectivity index (χ4v) is 2.63. The third-order valence-electron chi connectivity index (χ3n) is 3.71. The predicted molar refractivity (Wildman–Crippen MR) is 88.7 cm³/mol. The number of aliphatic hydroxyl groups is 1. The number of fused-ring (bicyclic) bond motifs is 1. The summed E-state index contributed by atoms with van der Waals surface area (Å²) >= 11 is 6.35. The summed E-state index contributed by atoms with van der Waals surface area (Å²) in [4.78, 5) is 6.82. The van der Waals surface area contributed by atoms with Crippen LogP contribution in [0.3, 0.4) is 0 Å². The van der Waals surface area contributed by atoms with E-state index in [9.17, 15) is 0 Å². The van der Waals surface area contributed by atoms with E-state index in [2.05, 4.69) is 54.9 Å². The van der Waals surface area contributed by atoms with Crippen molar-refractivity contribution in [2.75, 3.05) is 13.2 Å². The monoisotopic (exact) mass is 306 g/mol. The minimum Gasteiger partial charge on any atom is -0.396 e. The Labute approximate surface area is 131 Å². The van der Waals surface area contributed by atoms with Crippen LogP contribution in [0.25, 0.3) is 10.9 Å². The van der Waals surface area contributed by atoms with Gasteiger partial charge in [-0.3, -0.25) is 4.90 Å². The second-order valence-corrected chi connectivity index (χ2v) is 6.13. The number of nitrogens with zero attached hydrogens (tertiary/aromatic N) is 2. The van der Waals surface area contributed by atoms with Crippen LogP contribution in [0.4, 0.5) is 0 Å². The molecule has 3 nitrogen and oxygen atoms in total. The van der Waals surface area contributed by atoms with Gasteiger partial charge in [0.1, 0.15) is 5.15 Å². The molecule has 1 aromatic carbocycles. The molecule has 0 saturated carbocycles. The highest BCUT2D eigenvalue weighted by Gasteiger charge is 2.13. The first-order valence-corrected chi connectivity index (χ1v) is 7.79. The number of benzene rings is 1. The van der Waals surface area contributed by atoms with Gasteiger partial charge in [0.05, 0.1) is 5.52 Å². The Hall–Kier alpha value is -1.16. The average Bonchev–Trinajstić information content (AvgIpc) is 2.43. The lowest BCUT2D eigenvalue weighted by atomic mass is 10.1. The van der Waals surface area contributed by atoms with E-state index in [4.69, 9.17) is 16.7 Å². The van der Waals surface area contributed by atoms with Gasteiger partial charge in [-0.15, -0.1) is 0 Å². The lowest BCUT2D eigenvalue weighted by Gasteiger charge is -2.26. The summed E-state index contributed by atoms with van der Waals surface area (Å²) in [6.45, 7) is 8.19. The maximum absolute atomic E-state index is 9.02. The molecule has 21 heavy (non-hydrogen) atoms. The van der Waals surface area contributed by atoms with Gasteiger partial charge in [-0.1, -0.05) is 23.7 Å². The average molecular weight is 307 g/mol. The topological polar surface area (TPSA) is 36.4 Å². The zero-order valence-corrected chi connectivity index (χ0v) is 13.7. The molecule has 0 saturated heterocycles. The molecular weight excluding hydrogens is 284 g/mol. The fraction of sp³-hybridized carbons (Fsp3) is 0.471. The maximum Gasteiger partial charge on any atom is 0.134 e. The molecule has 114 valence electrons. The summed E-state index contributed by atoms with van der Waals surface area (Å²) in [6.07, 6.45) is 0.774. The van der Waals surface area contributed by atoms with Gasteiger partial charge in [-0.2, -0.15) is 0 Å². The van der Waals surface area contributed by atoms with Gasteiger partial charge in [-0.25, -0.2) is 4.98 Å². The van der Waals surface area contributed by atoms with Crippen LogP contribution in [-0.2, 0) is 6.54 Å². The van der Waals surface area contributed by atoms with Gasteiger partial charge < -0.3 is 5.11 Å². The van der Waals surface area contributed by atoms with Crippen molar-refractivity contribution in [3.63, 3.8) is 0 Å². The highest BCUT2D eigenvalue weighted by atomic mass is 35.5. The third kappa shape index (κ3) is 4.16. The zero-order chi connectivity index (χ0) is 15.4. The quantitative estimate of drug-likeness (QED) is 0.825. The summed E-state index contributed by atoms with van der Waals surface area (Å²) in [7, 11) is 0. The SMILES string of the molecule is Cc1ccc2cc(CN(CCCO)C(C)C)c(Cl)nc2c1. The zero-order valence-electron chi connectivity index (χ0n) is 12.9. The van der Waals surface area contributed by atoms with Crippen molar-refractivity contribution in [2.45, 2.75) is 39.8 Å². The van der Waals surface area contributed by atoms with Crippen molar-refractivity contribution in [3.8, 4) is 0 Å². The summed E-state index contributed by atoms with van der Waals surface area (Å²) in [6, 6.07) is 8.76. The largest absolute Gasteiger partial charge is 0.396 e. The molecule has 1 N–H and O–H groups in total. The smallest absolute Gasteiger partial charge is 0.134 e. The van der Waals surface area contributed by atoms with Crippen molar-refractivity contribution in [3.05, 3.63) is 40.5 Å². The van der Waals surface area contributed by atoms with E-state index in [1.54, 1.807) is 0 Å². The summed E-state index contributed by atoms with van der Waals surface area (Å²) in [5.41, 5.74) is 3.17. The minimum atomic E-state index is 0.214. The summed E-state index contributed by atoms with van der Waals surface area (Å²) < 4.78 is 0. The van der Waals surface area contributed by atoms with E-state index in [1.807, 2.05) is 0 Å². The number of hydrogen-bond donors (Lipinski definition) is 1. The third-order valence-corrected chi connectivity index (χ3v) is 4.03. The predicted octanol–water partition coefficient (Wildman–Crippen LogP) is 3.79. The molecular formula is C17H23ClN2O. The first-order chi connectivity index (χ1) is 10.0. The Morgan fingerprint density at radius 1 is 1.29 bits per heavy atom. The van der Waals surface area contributed by atoms with Crippen LogP contribution in [0.15, 0.2) is 24.3 Å². The highest BCUT2D eigenvalue weighted by molar-refractivity contribution is 6.30. The number of rotatable bonds is 6. The maximum atomic E-state index is 9.02. The molecule has 2 aromatic rings. The molecule has 1 heterocycles. The molecule has 0 spiro atoms. The Morgan fingerprint density at radius 2 is 2.05 bits per heavy atom. The molecule has 0 unspecified atom stereocenters. The van der Waals surface area contributed by atoms with Gasteiger partial charge in [0.25, 0.3) is 0 Å². The molecule has 0 aliphatic heterocycles. The van der Waals surface area contributed by atoms with Crippen LogP contribution in [0.2, 0.25) is 5.15 Å². The second-order valence-electron chi connectivity index (χ2n) is 5.78. The molecule has 0 fully saturated rings. The van der Waals surface area contributed by atoms with Crippen LogP contribution in [0, 0.1) is 6.92 Å². The number of halogens is 1. The van der Waals surface area contributed by atoms with Crippen molar-refractivity contribution in [2.24, 2.45) is 0 Å². The summed E-state index contributed by atoms with van der Waals surface area (Å²) in [5.74, 6) is 0. The van der Waals surface area contributed by atoms with E-state index >= 15 is 0 Å². The van der Waals surface area contributed by atoms with Gasteiger partial charge in [0, 0.05) is 36.7 Å². The molecule has 0 atom stereocenters. The van der Waals surface area contributed by atoms with Crippen LogP contribution in [0.5, 0.6) is 0 Å². The lowest BCUT2D eigenvalue weighted by molar-refractivity contribution is 0.185. The van der Waals surface area contributed by atoms with E-state index in [0.29, 0.717) is 11.2 Å². The van der Waals surface area contributed by atoms with Crippen LogP contribution >= 0.6 is 11.6 Å². The number of pyridine rings is 1. The molecule has 2 rings (SSSR count). The Balaban J connectivity index is 2.28. The highest BCUT2D eigenvalue weighted by Crippen LogP contribution is 2.23. The lowest BCUT2D eigenvalue weighted by Crippen LogP contribution is -2.32. The van der Waals surface area contributed by atoms with Crippen molar-refractivity contribution in [1.82, 2.24) is 9.88 Å². The second kappa shape index (κ2) is 7.21. The number of aryl methyl sites for hydroxylation is 1. The number of hydrogen-bond acceptors (Lipinski definition) is 3. The van der Waals surface area contributed by atoms with E-state index < -0.39 is 0 Å². The number of aromatic nitrogens is 1. The Morgan fingerprint density at radius 3 is 2.71 bits per heavy atom. The van der Waals surface area contributed by atoms with Crippen molar-refractivity contribution < 1.29 is 5.11 Å². The first kappa shape index (κ1) is 16.2. The van der Waals surface area contributed by atoms with Crippen molar-refractivity contribution in [1.29, 1.82) is 0 Å². The van der Waals surface area contributed by atoms with Gasteiger partial charge in [0.15, 0.2) is 0 Å². The molecule has 0 radical (unpaired) electrons. The van der Waals surface area contributed by atoms with Gasteiger partial charge in [-0.05, 0) is 44.9 Å². The van der Waals surface area contributed by atoms with Crippen LogP contribution in [0.1, 0.15) is 31.4 Å². The van der Waals surface area contributed by atoms with Gasteiger partial charge in [0.2, 0.25) is 0 Å². The van der Waals surface area contributed by atoms with Crippen LogP contribution in [-0.4, -0.2) is 34.2 Å². The molecule has 0 amide bonds. The van der Waals surface area contributed by atoms with E-state index in [0.717, 1.165) is 36.0 Å². The first-order valence-electron chi connectivity index (χ1n) is 7.42. The molecule has 1 aromatic heterocycles. The number of aliphatic hydroxyl groups excluding tert-OH is 1. The Bertz CT molecular complexity index is 613. The van der Waals surface area contributed by atoms with Crippen LogP contribution < -0.4 is 0 Å². The molecule has 0 aliphatic carbocycles. The van der Waals surface area contributed by atoms with E-state index in [-0.39, 0.29) is 6.61 Å². The molecule has 0 aliphatic rings. The summed E-state index contributed by atoms with van der Waals surface area (Å²) in [5, 5.41) is 10.7. The fourth-order valence-electron chi connectivity index (χ4n) is 2.42. The normalized spacial score (nSPS) is 11.8.